The normalized spacial score (nSPS) is 11.1. The average Bonchev–Trinajstić information content (AvgIpc) is 3.34. The fraction of sp³-hybridized carbons (Fsp3) is 0.316. The largest absolute Gasteiger partial charge is 0.489 e. The number of unbranched alkanes of at least 4 members (excludes halogenated alkanes) is 11. The molecule has 6 nitrogen and oxygen atoms in total. The highest BCUT2D eigenvalue weighted by atomic mass is 16.5. The van der Waals surface area contributed by atoms with Gasteiger partial charge < -0.3 is 23.5 Å². The number of pyridine rings is 1. The van der Waals surface area contributed by atoms with E-state index in [2.05, 4.69) is 47.9 Å². The van der Waals surface area contributed by atoms with E-state index < -0.39 is 0 Å². The van der Waals surface area contributed by atoms with Crippen LogP contribution in [0.3, 0.4) is 0 Å². The van der Waals surface area contributed by atoms with Gasteiger partial charge in [0.15, 0.2) is 17.2 Å². The Balaban J connectivity index is 1.25. The summed E-state index contributed by atoms with van der Waals surface area (Å²) < 4.78 is 28.4. The molecule has 0 saturated carbocycles. The molecule has 0 N–H and O–H groups in total. The third kappa shape index (κ3) is 13.4. The quantitative estimate of drug-likeness (QED) is 0.0508. The van der Waals surface area contributed by atoms with Gasteiger partial charge in [0.25, 0.3) is 0 Å². The maximum Gasteiger partial charge on any atom is 0.231 e. The van der Waals surface area contributed by atoms with Crippen molar-refractivity contribution < 1.29 is 18.9 Å². The van der Waals surface area contributed by atoms with Gasteiger partial charge in [-0.2, -0.15) is 0 Å². The van der Waals surface area contributed by atoms with Crippen LogP contribution in [0.4, 0.5) is 0 Å². The smallest absolute Gasteiger partial charge is 0.231 e. The number of fused-ring (bicyclic) bond motifs is 1. The molecule has 0 fully saturated rings. The summed E-state index contributed by atoms with van der Waals surface area (Å²) in [4.78, 5) is 14.8. The van der Waals surface area contributed by atoms with Crippen molar-refractivity contribution in [3.05, 3.63) is 190 Å². The van der Waals surface area contributed by atoms with Crippen LogP contribution in [0.5, 0.6) is 23.0 Å². The summed E-state index contributed by atoms with van der Waals surface area (Å²) in [5, 5.41) is 0.594. The molecule has 0 spiro atoms. The first-order chi connectivity index (χ1) is 31.2. The molecule has 0 aliphatic heterocycles. The highest BCUT2D eigenvalue weighted by Gasteiger charge is 2.23. The van der Waals surface area contributed by atoms with Gasteiger partial charge >= 0.3 is 0 Å². The summed E-state index contributed by atoms with van der Waals surface area (Å²) in [5.74, 6) is 2.23. The SMILES string of the molecule is CCCCCCCCCCCCCCn1c(-c2ccc(OCc3ccccc3)c(OCc3ccccc3)c2)c(OCc2ccccc2)c(=O)c2ccc(OCc3ccccc3)cc21. The van der Waals surface area contributed by atoms with Crippen molar-refractivity contribution in [2.45, 2.75) is 117 Å². The molecule has 0 aliphatic carbocycles. The number of hydrogen-bond acceptors (Lipinski definition) is 5. The highest BCUT2D eigenvalue weighted by molar-refractivity contribution is 5.87. The lowest BCUT2D eigenvalue weighted by Crippen LogP contribution is -2.17. The van der Waals surface area contributed by atoms with E-state index in [4.69, 9.17) is 18.9 Å². The molecule has 0 aliphatic rings. The minimum atomic E-state index is -0.160. The second kappa shape index (κ2) is 24.4. The van der Waals surface area contributed by atoms with Crippen LogP contribution in [0, 0.1) is 0 Å². The van der Waals surface area contributed by atoms with Gasteiger partial charge in [0.1, 0.15) is 32.2 Å². The van der Waals surface area contributed by atoms with E-state index in [-0.39, 0.29) is 12.0 Å². The summed E-state index contributed by atoms with van der Waals surface area (Å²) in [6.45, 7) is 4.39. The number of aromatic nitrogens is 1. The van der Waals surface area contributed by atoms with E-state index in [0.717, 1.165) is 46.2 Å². The van der Waals surface area contributed by atoms with Gasteiger partial charge in [-0.1, -0.05) is 199 Å². The van der Waals surface area contributed by atoms with Crippen molar-refractivity contribution in [1.29, 1.82) is 0 Å². The molecular weight excluding hydrogens is 779 g/mol. The molecule has 6 heteroatoms. The van der Waals surface area contributed by atoms with Crippen LogP contribution in [0.2, 0.25) is 0 Å². The van der Waals surface area contributed by atoms with Crippen LogP contribution >= 0.6 is 0 Å². The molecule has 7 rings (SSSR count). The van der Waals surface area contributed by atoms with Crippen LogP contribution in [-0.2, 0) is 33.0 Å². The van der Waals surface area contributed by atoms with Crippen molar-refractivity contribution in [3.63, 3.8) is 0 Å². The standard InChI is InChI=1S/C57H63NO5/c1-2-3-4-5-6-7-8-9-10-11-12-25-38-58-52-40-50(60-41-45-26-17-13-18-27-45)35-36-51(52)56(59)57(63-44-48-32-23-16-24-33-48)55(58)49-34-37-53(61-42-46-28-19-14-20-29-46)54(39-49)62-43-47-30-21-15-22-31-47/h13-24,26-37,39-40H,2-12,25,38,41-44H2,1H3. The molecular formula is C57H63NO5. The van der Waals surface area contributed by atoms with Crippen molar-refractivity contribution in [3.8, 4) is 34.3 Å². The summed E-state index contributed by atoms with van der Waals surface area (Å²) in [6.07, 6.45) is 15.1. The second-order valence-electron chi connectivity index (χ2n) is 16.5. The highest BCUT2D eigenvalue weighted by Crippen LogP contribution is 2.39. The zero-order valence-electron chi connectivity index (χ0n) is 37.0. The predicted octanol–water partition coefficient (Wildman–Crippen LogP) is 14.7. The van der Waals surface area contributed by atoms with Gasteiger partial charge in [-0.25, -0.2) is 0 Å². The van der Waals surface area contributed by atoms with Gasteiger partial charge in [0, 0.05) is 23.6 Å². The maximum atomic E-state index is 14.8. The Labute approximate surface area is 374 Å². The first kappa shape index (κ1) is 44.8. The summed E-state index contributed by atoms with van der Waals surface area (Å²) >= 11 is 0. The van der Waals surface area contributed by atoms with Crippen LogP contribution < -0.4 is 24.4 Å². The number of ether oxygens (including phenoxy) is 4. The fourth-order valence-electron chi connectivity index (χ4n) is 8.08. The Morgan fingerprint density at radius 1 is 0.429 bits per heavy atom. The Kier molecular flexibility index (Phi) is 17.3. The number of aryl methyl sites for hydroxylation is 1. The van der Waals surface area contributed by atoms with Crippen molar-refractivity contribution in [1.82, 2.24) is 4.57 Å². The van der Waals surface area contributed by atoms with Crippen LogP contribution in [0.1, 0.15) is 106 Å². The van der Waals surface area contributed by atoms with E-state index in [0.29, 0.717) is 60.4 Å². The fourth-order valence-corrected chi connectivity index (χ4v) is 8.08. The third-order valence-corrected chi connectivity index (χ3v) is 11.6. The third-order valence-electron chi connectivity index (χ3n) is 11.6. The summed E-state index contributed by atoms with van der Waals surface area (Å²) in [7, 11) is 0. The van der Waals surface area contributed by atoms with Crippen molar-refractivity contribution >= 4 is 10.9 Å². The minimum absolute atomic E-state index is 0.160. The van der Waals surface area contributed by atoms with Gasteiger partial charge in [-0.3, -0.25) is 4.79 Å². The topological polar surface area (TPSA) is 58.9 Å². The lowest BCUT2D eigenvalue weighted by Gasteiger charge is -2.23. The Morgan fingerprint density at radius 2 is 0.889 bits per heavy atom. The molecule has 1 heterocycles. The predicted molar refractivity (Wildman–Crippen MR) is 258 cm³/mol. The number of benzene rings is 6. The van der Waals surface area contributed by atoms with Crippen molar-refractivity contribution in [2.75, 3.05) is 0 Å². The molecule has 0 unspecified atom stereocenters. The van der Waals surface area contributed by atoms with E-state index >= 15 is 0 Å². The van der Waals surface area contributed by atoms with E-state index in [9.17, 15) is 4.79 Å². The molecule has 63 heavy (non-hydrogen) atoms. The molecule has 0 bridgehead atoms. The van der Waals surface area contributed by atoms with E-state index in [1.807, 2.05) is 121 Å². The molecule has 6 aromatic carbocycles. The Hall–Kier alpha value is -6.27. The van der Waals surface area contributed by atoms with Gasteiger partial charge in [-0.15, -0.1) is 0 Å². The Bertz CT molecular complexity index is 2470. The molecule has 326 valence electrons. The average molecular weight is 842 g/mol. The zero-order chi connectivity index (χ0) is 43.3. The first-order valence-electron chi connectivity index (χ1n) is 23.2. The molecule has 0 saturated heterocycles. The van der Waals surface area contributed by atoms with Gasteiger partial charge in [0.05, 0.1) is 11.2 Å². The lowest BCUT2D eigenvalue weighted by molar-refractivity contribution is 0.256. The number of nitrogens with zero attached hydrogens (tertiary/aromatic N) is 1. The first-order valence-corrected chi connectivity index (χ1v) is 23.2. The Morgan fingerprint density at radius 3 is 1.41 bits per heavy atom. The summed E-state index contributed by atoms with van der Waals surface area (Å²) in [6, 6.07) is 52.3. The number of rotatable bonds is 26. The molecule has 0 radical (unpaired) electrons. The lowest BCUT2D eigenvalue weighted by atomic mass is 10.0. The van der Waals surface area contributed by atoms with Gasteiger partial charge in [-0.05, 0) is 59.0 Å². The van der Waals surface area contributed by atoms with Crippen LogP contribution in [0.25, 0.3) is 22.2 Å². The minimum Gasteiger partial charge on any atom is -0.489 e. The molecule has 0 atom stereocenters. The summed E-state index contributed by atoms with van der Waals surface area (Å²) in [5.41, 5.74) is 6.34. The van der Waals surface area contributed by atoms with Crippen LogP contribution in [-0.4, -0.2) is 4.57 Å². The van der Waals surface area contributed by atoms with Gasteiger partial charge in [0.2, 0.25) is 5.43 Å². The molecule has 1 aromatic heterocycles. The van der Waals surface area contributed by atoms with E-state index in [1.165, 1.54) is 64.2 Å². The maximum absolute atomic E-state index is 14.8. The monoisotopic (exact) mass is 841 g/mol. The van der Waals surface area contributed by atoms with Crippen molar-refractivity contribution in [2.24, 2.45) is 0 Å². The molecule has 7 aromatic rings. The molecule has 0 amide bonds. The van der Waals surface area contributed by atoms with E-state index in [1.54, 1.807) is 0 Å². The van der Waals surface area contributed by atoms with Crippen LogP contribution in [0.15, 0.2) is 163 Å². The zero-order valence-corrected chi connectivity index (χ0v) is 37.0. The number of hydrogen-bond donors (Lipinski definition) is 0. The second-order valence-corrected chi connectivity index (χ2v) is 16.5.